The van der Waals surface area contributed by atoms with E-state index in [-0.39, 0.29) is 0 Å². The Hall–Kier alpha value is -2.59. The average Bonchev–Trinajstić information content (AvgIpc) is 2.62. The lowest BCUT2D eigenvalue weighted by Crippen LogP contribution is -2.21. The van der Waals surface area contributed by atoms with E-state index in [4.69, 9.17) is 9.47 Å². The minimum Gasteiger partial charge on any atom is -0.496 e. The summed E-state index contributed by atoms with van der Waals surface area (Å²) in [6.07, 6.45) is 1.73. The molecule has 2 aromatic carbocycles. The second-order valence-electron chi connectivity index (χ2n) is 5.16. The average molecular weight is 308 g/mol. The van der Waals surface area contributed by atoms with E-state index in [2.05, 4.69) is 34.6 Å². The first-order chi connectivity index (χ1) is 11.4. The first kappa shape index (κ1) is 15.3. The van der Waals surface area contributed by atoms with Gasteiger partial charge in [0.15, 0.2) is 0 Å². The number of methoxy groups -OCH3 is 1. The topological polar surface area (TPSA) is 43.4 Å². The highest BCUT2D eigenvalue weighted by Crippen LogP contribution is 2.27. The highest BCUT2D eigenvalue weighted by atomic mass is 16.5. The third-order valence-corrected chi connectivity index (χ3v) is 3.69. The van der Waals surface area contributed by atoms with Crippen molar-refractivity contribution in [3.05, 3.63) is 66.4 Å². The molecular weight excluding hydrogens is 288 g/mol. The van der Waals surface area contributed by atoms with Crippen molar-refractivity contribution < 1.29 is 9.47 Å². The van der Waals surface area contributed by atoms with E-state index in [0.29, 0.717) is 12.5 Å². The van der Waals surface area contributed by atoms with Gasteiger partial charge in [0.25, 0.3) is 0 Å². The molecule has 0 aliphatic rings. The van der Waals surface area contributed by atoms with Gasteiger partial charge in [-0.05, 0) is 22.9 Å². The summed E-state index contributed by atoms with van der Waals surface area (Å²) in [6.45, 7) is 2.04. The van der Waals surface area contributed by atoms with Crippen LogP contribution in [0.4, 0.5) is 0 Å². The van der Waals surface area contributed by atoms with Crippen molar-refractivity contribution in [3.63, 3.8) is 0 Å². The smallest absolute Gasteiger partial charge is 0.213 e. The molecule has 4 heteroatoms. The monoisotopic (exact) mass is 308 g/mol. The van der Waals surface area contributed by atoms with Crippen molar-refractivity contribution in [2.45, 2.75) is 6.54 Å². The molecule has 23 heavy (non-hydrogen) atoms. The molecule has 0 unspecified atom stereocenters. The van der Waals surface area contributed by atoms with Gasteiger partial charge in [0, 0.05) is 30.9 Å². The molecule has 1 heterocycles. The molecule has 0 saturated heterocycles. The van der Waals surface area contributed by atoms with Crippen molar-refractivity contribution in [1.29, 1.82) is 0 Å². The van der Waals surface area contributed by atoms with Crippen molar-refractivity contribution >= 4 is 10.8 Å². The molecule has 0 spiro atoms. The Labute approximate surface area is 136 Å². The van der Waals surface area contributed by atoms with Gasteiger partial charge in [0.2, 0.25) is 5.88 Å². The van der Waals surface area contributed by atoms with Crippen LogP contribution in [-0.2, 0) is 6.54 Å². The Kier molecular flexibility index (Phi) is 5.06. The number of nitrogens with one attached hydrogen (secondary N) is 1. The van der Waals surface area contributed by atoms with Crippen LogP contribution in [0.25, 0.3) is 10.8 Å². The number of hydrogen-bond donors (Lipinski definition) is 1. The predicted octanol–water partition coefficient (Wildman–Crippen LogP) is 3.41. The maximum atomic E-state index is 5.58. The maximum Gasteiger partial charge on any atom is 0.213 e. The second-order valence-corrected chi connectivity index (χ2v) is 5.16. The van der Waals surface area contributed by atoms with E-state index in [9.17, 15) is 0 Å². The normalized spacial score (nSPS) is 10.7. The number of fused-ring (bicyclic) bond motifs is 1. The Morgan fingerprint density at radius 2 is 1.87 bits per heavy atom. The summed E-state index contributed by atoms with van der Waals surface area (Å²) >= 11 is 0. The van der Waals surface area contributed by atoms with Crippen LogP contribution in [0.1, 0.15) is 5.56 Å². The summed E-state index contributed by atoms with van der Waals surface area (Å²) in [5.74, 6) is 1.55. The van der Waals surface area contributed by atoms with Gasteiger partial charge in [0.05, 0.1) is 7.11 Å². The Balaban J connectivity index is 1.60. The van der Waals surface area contributed by atoms with E-state index in [1.165, 1.54) is 16.3 Å². The van der Waals surface area contributed by atoms with Crippen LogP contribution < -0.4 is 14.8 Å². The zero-order valence-electron chi connectivity index (χ0n) is 13.2. The minimum absolute atomic E-state index is 0.574. The summed E-state index contributed by atoms with van der Waals surface area (Å²) in [5.41, 5.74) is 1.17. The Bertz CT molecular complexity index is 760. The summed E-state index contributed by atoms with van der Waals surface area (Å²) in [4.78, 5) is 4.13. The first-order valence-electron chi connectivity index (χ1n) is 7.67. The number of nitrogens with zero attached hydrogens (tertiary/aromatic N) is 1. The molecule has 0 radical (unpaired) electrons. The molecule has 3 aromatic rings. The van der Waals surface area contributed by atoms with Crippen LogP contribution in [0.15, 0.2) is 60.8 Å². The highest BCUT2D eigenvalue weighted by molar-refractivity contribution is 5.87. The highest BCUT2D eigenvalue weighted by Gasteiger charge is 2.07. The molecule has 0 aliphatic heterocycles. The number of hydrogen-bond acceptors (Lipinski definition) is 4. The van der Waals surface area contributed by atoms with Crippen molar-refractivity contribution in [2.75, 3.05) is 20.3 Å². The van der Waals surface area contributed by atoms with Crippen LogP contribution in [0.2, 0.25) is 0 Å². The summed E-state index contributed by atoms with van der Waals surface area (Å²) < 4.78 is 11.1. The van der Waals surface area contributed by atoms with E-state index in [0.717, 1.165) is 18.8 Å². The van der Waals surface area contributed by atoms with Crippen LogP contribution in [0, 0.1) is 0 Å². The lowest BCUT2D eigenvalue weighted by molar-refractivity contribution is 0.301. The van der Waals surface area contributed by atoms with Crippen LogP contribution in [0.5, 0.6) is 11.6 Å². The van der Waals surface area contributed by atoms with Gasteiger partial charge in [-0.25, -0.2) is 4.98 Å². The van der Waals surface area contributed by atoms with E-state index < -0.39 is 0 Å². The van der Waals surface area contributed by atoms with Crippen LogP contribution in [0.3, 0.4) is 0 Å². The van der Waals surface area contributed by atoms with E-state index in [1.54, 1.807) is 13.3 Å². The SMILES string of the molecule is COc1ccc2ccccc2c1CNCCOc1ccccn1. The fourth-order valence-corrected chi connectivity index (χ4v) is 2.56. The number of benzene rings is 2. The lowest BCUT2D eigenvalue weighted by Gasteiger charge is -2.13. The van der Waals surface area contributed by atoms with Gasteiger partial charge < -0.3 is 14.8 Å². The molecule has 0 bridgehead atoms. The predicted molar refractivity (Wildman–Crippen MR) is 91.9 cm³/mol. The molecule has 0 amide bonds. The zero-order valence-corrected chi connectivity index (χ0v) is 13.2. The van der Waals surface area contributed by atoms with Gasteiger partial charge in [-0.1, -0.05) is 36.4 Å². The number of aromatic nitrogens is 1. The van der Waals surface area contributed by atoms with Gasteiger partial charge in [0.1, 0.15) is 12.4 Å². The molecule has 1 aromatic heterocycles. The Morgan fingerprint density at radius 3 is 2.70 bits per heavy atom. The lowest BCUT2D eigenvalue weighted by atomic mass is 10.0. The maximum absolute atomic E-state index is 5.58. The minimum atomic E-state index is 0.574. The molecule has 0 fully saturated rings. The summed E-state index contributed by atoms with van der Waals surface area (Å²) in [5, 5.41) is 5.84. The summed E-state index contributed by atoms with van der Waals surface area (Å²) in [6, 6.07) is 18.1. The van der Waals surface area contributed by atoms with Crippen molar-refractivity contribution in [1.82, 2.24) is 10.3 Å². The molecule has 3 rings (SSSR count). The Morgan fingerprint density at radius 1 is 1.00 bits per heavy atom. The van der Waals surface area contributed by atoms with Gasteiger partial charge in [-0.3, -0.25) is 0 Å². The molecule has 0 saturated carbocycles. The van der Waals surface area contributed by atoms with E-state index >= 15 is 0 Å². The molecule has 118 valence electrons. The third kappa shape index (κ3) is 3.79. The molecule has 0 atom stereocenters. The second kappa shape index (κ2) is 7.61. The number of pyridine rings is 1. The van der Waals surface area contributed by atoms with Gasteiger partial charge >= 0.3 is 0 Å². The fourth-order valence-electron chi connectivity index (χ4n) is 2.56. The standard InChI is InChI=1S/C19H20N2O2/c1-22-18-10-9-15-6-2-3-7-16(15)17(18)14-20-12-13-23-19-8-4-5-11-21-19/h2-11,20H,12-14H2,1H3. The summed E-state index contributed by atoms with van der Waals surface area (Å²) in [7, 11) is 1.71. The third-order valence-electron chi connectivity index (χ3n) is 3.69. The molecule has 1 N–H and O–H groups in total. The fraction of sp³-hybridized carbons (Fsp3) is 0.211. The molecule has 0 aliphatic carbocycles. The van der Waals surface area contributed by atoms with Crippen LogP contribution >= 0.6 is 0 Å². The van der Waals surface area contributed by atoms with E-state index in [1.807, 2.05) is 30.3 Å². The van der Waals surface area contributed by atoms with Crippen molar-refractivity contribution in [2.24, 2.45) is 0 Å². The zero-order chi connectivity index (χ0) is 15.9. The van der Waals surface area contributed by atoms with Crippen molar-refractivity contribution in [3.8, 4) is 11.6 Å². The van der Waals surface area contributed by atoms with Gasteiger partial charge in [-0.2, -0.15) is 0 Å². The number of ether oxygens (including phenoxy) is 2. The first-order valence-corrected chi connectivity index (χ1v) is 7.67. The van der Waals surface area contributed by atoms with Gasteiger partial charge in [-0.15, -0.1) is 0 Å². The van der Waals surface area contributed by atoms with Crippen LogP contribution in [-0.4, -0.2) is 25.2 Å². The number of rotatable bonds is 7. The largest absolute Gasteiger partial charge is 0.496 e. The quantitative estimate of drug-likeness (QED) is 0.679. The molecular formula is C19H20N2O2. The molecule has 4 nitrogen and oxygen atoms in total.